The van der Waals surface area contributed by atoms with Crippen molar-refractivity contribution in [3.63, 3.8) is 0 Å². The molecule has 2 aromatic rings. The molecule has 1 amide bonds. The van der Waals surface area contributed by atoms with Gasteiger partial charge in [-0.05, 0) is 24.5 Å². The molecule has 0 aromatic heterocycles. The number of non-ortho nitro benzene ring substituents is 1. The Bertz CT molecular complexity index is 807. The van der Waals surface area contributed by atoms with Gasteiger partial charge in [-0.3, -0.25) is 14.9 Å². The third-order valence-electron chi connectivity index (χ3n) is 3.76. The van der Waals surface area contributed by atoms with Gasteiger partial charge >= 0.3 is 5.97 Å². The third kappa shape index (κ3) is 6.10. The molecule has 0 aliphatic heterocycles. The topological polar surface area (TPSA) is 108 Å². The van der Waals surface area contributed by atoms with E-state index >= 15 is 0 Å². The minimum Gasteiger partial charge on any atom is -0.496 e. The summed E-state index contributed by atoms with van der Waals surface area (Å²) in [4.78, 5) is 34.1. The number of methoxy groups -OCH3 is 1. The van der Waals surface area contributed by atoms with Crippen molar-refractivity contribution in [2.75, 3.05) is 20.3 Å². The molecule has 142 valence electrons. The fourth-order valence-corrected chi connectivity index (χ4v) is 2.39. The minimum absolute atomic E-state index is 0.108. The maximum absolute atomic E-state index is 12.1. The zero-order valence-corrected chi connectivity index (χ0v) is 14.8. The number of nitrogens with one attached hydrogen (secondary N) is 1. The molecule has 0 aliphatic carbocycles. The van der Waals surface area contributed by atoms with Crippen LogP contribution in [0.25, 0.3) is 0 Å². The van der Waals surface area contributed by atoms with Crippen LogP contribution in [0.15, 0.2) is 48.5 Å². The Morgan fingerprint density at radius 3 is 2.56 bits per heavy atom. The first-order chi connectivity index (χ1) is 13.0. The molecule has 0 spiro atoms. The number of nitro groups is 1. The number of esters is 1. The number of ether oxygens (including phenoxy) is 2. The lowest BCUT2D eigenvalue weighted by Crippen LogP contribution is -2.29. The summed E-state index contributed by atoms with van der Waals surface area (Å²) in [5.41, 5.74) is 0.799. The van der Waals surface area contributed by atoms with Crippen molar-refractivity contribution in [3.8, 4) is 5.75 Å². The summed E-state index contributed by atoms with van der Waals surface area (Å²) in [6, 6.07) is 13.4. The highest BCUT2D eigenvalue weighted by atomic mass is 16.6. The Morgan fingerprint density at radius 2 is 1.89 bits per heavy atom. The zero-order chi connectivity index (χ0) is 19.6. The van der Waals surface area contributed by atoms with E-state index in [0.29, 0.717) is 6.54 Å². The second-order valence-electron chi connectivity index (χ2n) is 5.66. The van der Waals surface area contributed by atoms with Gasteiger partial charge in [-0.25, -0.2) is 4.79 Å². The molecule has 27 heavy (non-hydrogen) atoms. The molecule has 0 saturated carbocycles. The number of aryl methyl sites for hydroxylation is 1. The number of rotatable bonds is 9. The smallest absolute Gasteiger partial charge is 0.342 e. The monoisotopic (exact) mass is 372 g/mol. The molecule has 8 nitrogen and oxygen atoms in total. The average Bonchev–Trinajstić information content (AvgIpc) is 2.69. The van der Waals surface area contributed by atoms with Crippen LogP contribution in [0.5, 0.6) is 5.75 Å². The maximum atomic E-state index is 12.1. The molecule has 0 atom stereocenters. The zero-order valence-electron chi connectivity index (χ0n) is 14.8. The predicted molar refractivity (Wildman–Crippen MR) is 97.7 cm³/mol. The number of hydrogen-bond donors (Lipinski definition) is 1. The number of carbonyl (C=O) groups excluding carboxylic acids is 2. The van der Waals surface area contributed by atoms with Gasteiger partial charge in [-0.1, -0.05) is 30.3 Å². The highest BCUT2D eigenvalue weighted by molar-refractivity contribution is 5.94. The van der Waals surface area contributed by atoms with Crippen molar-refractivity contribution < 1.29 is 24.0 Å². The second-order valence-corrected chi connectivity index (χ2v) is 5.66. The Kier molecular flexibility index (Phi) is 7.30. The average molecular weight is 372 g/mol. The third-order valence-corrected chi connectivity index (χ3v) is 3.76. The van der Waals surface area contributed by atoms with Crippen LogP contribution in [0.1, 0.15) is 22.3 Å². The Labute approximate surface area is 156 Å². The van der Waals surface area contributed by atoms with Crippen LogP contribution in [0, 0.1) is 10.1 Å². The van der Waals surface area contributed by atoms with Gasteiger partial charge in [-0.15, -0.1) is 0 Å². The first kappa shape index (κ1) is 19.9. The van der Waals surface area contributed by atoms with Crippen molar-refractivity contribution in [2.45, 2.75) is 12.8 Å². The van der Waals surface area contributed by atoms with Crippen molar-refractivity contribution in [3.05, 3.63) is 69.8 Å². The predicted octanol–water partition coefficient (Wildman–Crippen LogP) is 2.51. The SMILES string of the molecule is COc1ccc([N+](=O)[O-])cc1C(=O)OCC(=O)NCCCc1ccccc1. The minimum atomic E-state index is -0.866. The van der Waals surface area contributed by atoms with Crippen LogP contribution < -0.4 is 10.1 Å². The fourth-order valence-electron chi connectivity index (χ4n) is 2.39. The number of hydrogen-bond acceptors (Lipinski definition) is 6. The molecule has 0 bridgehead atoms. The van der Waals surface area contributed by atoms with Gasteiger partial charge in [0.2, 0.25) is 0 Å². The summed E-state index contributed by atoms with van der Waals surface area (Å²) in [5.74, 6) is -1.18. The highest BCUT2D eigenvalue weighted by Gasteiger charge is 2.19. The summed E-state index contributed by atoms with van der Waals surface area (Å²) < 4.78 is 9.93. The van der Waals surface area contributed by atoms with E-state index in [0.717, 1.165) is 18.9 Å². The molecule has 0 unspecified atom stereocenters. The van der Waals surface area contributed by atoms with E-state index in [-0.39, 0.29) is 17.0 Å². The molecule has 0 radical (unpaired) electrons. The first-order valence-corrected chi connectivity index (χ1v) is 8.31. The Hall–Kier alpha value is -3.42. The lowest BCUT2D eigenvalue weighted by atomic mass is 10.1. The van der Waals surface area contributed by atoms with Crippen LogP contribution >= 0.6 is 0 Å². The number of nitro benzene ring substituents is 1. The van der Waals surface area contributed by atoms with Crippen molar-refractivity contribution in [1.29, 1.82) is 0 Å². The summed E-state index contributed by atoms with van der Waals surface area (Å²) in [5, 5.41) is 13.5. The first-order valence-electron chi connectivity index (χ1n) is 8.31. The second kappa shape index (κ2) is 9.91. The largest absolute Gasteiger partial charge is 0.496 e. The molecule has 8 heteroatoms. The highest BCUT2D eigenvalue weighted by Crippen LogP contribution is 2.24. The molecule has 2 aromatic carbocycles. The van der Waals surface area contributed by atoms with Crippen LogP contribution in [0.3, 0.4) is 0 Å². The van der Waals surface area contributed by atoms with Gasteiger partial charge in [0.15, 0.2) is 6.61 Å². The van der Waals surface area contributed by atoms with Crippen LogP contribution in [0.4, 0.5) is 5.69 Å². The van der Waals surface area contributed by atoms with Crippen LogP contribution in [0.2, 0.25) is 0 Å². The van der Waals surface area contributed by atoms with E-state index < -0.39 is 23.4 Å². The van der Waals surface area contributed by atoms with E-state index in [2.05, 4.69) is 5.32 Å². The lowest BCUT2D eigenvalue weighted by Gasteiger charge is -2.09. The molecule has 1 N–H and O–H groups in total. The summed E-state index contributed by atoms with van der Waals surface area (Å²) >= 11 is 0. The molecule has 0 aliphatic rings. The standard InChI is InChI=1S/C19H20N2O6/c1-26-17-10-9-15(21(24)25)12-16(17)19(23)27-13-18(22)20-11-5-8-14-6-3-2-4-7-14/h2-4,6-7,9-10,12H,5,8,11,13H2,1H3,(H,20,22). The molecular formula is C19H20N2O6. The van der Waals surface area contributed by atoms with E-state index in [1.807, 2.05) is 30.3 Å². The van der Waals surface area contributed by atoms with Gasteiger partial charge in [0, 0.05) is 18.7 Å². The van der Waals surface area contributed by atoms with Gasteiger partial charge < -0.3 is 14.8 Å². The van der Waals surface area contributed by atoms with Gasteiger partial charge in [0.25, 0.3) is 11.6 Å². The number of nitrogens with zero attached hydrogens (tertiary/aromatic N) is 1. The fraction of sp³-hybridized carbons (Fsp3) is 0.263. The van der Waals surface area contributed by atoms with Crippen molar-refractivity contribution in [1.82, 2.24) is 5.32 Å². The van der Waals surface area contributed by atoms with Crippen LogP contribution in [-0.2, 0) is 16.0 Å². The van der Waals surface area contributed by atoms with Gasteiger partial charge in [-0.2, -0.15) is 0 Å². The maximum Gasteiger partial charge on any atom is 0.342 e. The van der Waals surface area contributed by atoms with Crippen molar-refractivity contribution in [2.24, 2.45) is 0 Å². The van der Waals surface area contributed by atoms with Gasteiger partial charge in [0.1, 0.15) is 11.3 Å². The van der Waals surface area contributed by atoms with E-state index in [9.17, 15) is 19.7 Å². The number of carbonyl (C=O) groups is 2. The summed E-state index contributed by atoms with van der Waals surface area (Å²) in [6.07, 6.45) is 1.58. The van der Waals surface area contributed by atoms with E-state index in [1.165, 1.54) is 24.8 Å². The van der Waals surface area contributed by atoms with Crippen LogP contribution in [-0.4, -0.2) is 37.1 Å². The Balaban J connectivity index is 1.80. The summed E-state index contributed by atoms with van der Waals surface area (Å²) in [7, 11) is 1.33. The van der Waals surface area contributed by atoms with Crippen molar-refractivity contribution >= 4 is 17.6 Å². The quantitative estimate of drug-likeness (QED) is 0.314. The molecule has 0 saturated heterocycles. The van der Waals surface area contributed by atoms with E-state index in [4.69, 9.17) is 9.47 Å². The molecule has 0 fully saturated rings. The molecular weight excluding hydrogens is 352 g/mol. The number of benzene rings is 2. The molecule has 2 rings (SSSR count). The normalized spacial score (nSPS) is 10.1. The Morgan fingerprint density at radius 1 is 1.15 bits per heavy atom. The molecule has 0 heterocycles. The number of amides is 1. The lowest BCUT2D eigenvalue weighted by molar-refractivity contribution is -0.384. The van der Waals surface area contributed by atoms with Gasteiger partial charge in [0.05, 0.1) is 12.0 Å². The summed E-state index contributed by atoms with van der Waals surface area (Å²) in [6.45, 7) is -0.0264. The van der Waals surface area contributed by atoms with E-state index in [1.54, 1.807) is 0 Å².